The van der Waals surface area contributed by atoms with E-state index >= 15 is 0 Å². The summed E-state index contributed by atoms with van der Waals surface area (Å²) in [5, 5.41) is 2.83. The third kappa shape index (κ3) is 6.74. The molecule has 3 rings (SSSR count). The summed E-state index contributed by atoms with van der Waals surface area (Å²) in [6.45, 7) is 3.57. The molecule has 32 heavy (non-hydrogen) atoms. The molecule has 1 saturated heterocycles. The maximum absolute atomic E-state index is 12.8. The first kappa shape index (κ1) is 24.1. The Morgan fingerprint density at radius 2 is 1.50 bits per heavy atom. The zero-order chi connectivity index (χ0) is 23.0. The standard InChI is InChI=1S/C25H32N2O4S/c1-20-6-10-22(11-7-20)24(28)14-15-25(29)26-17-16-21-8-12-23(13-9-21)32(30,31)27-18-4-2-3-5-19-27/h6-13H,2-5,14-19H2,1H3,(H,26,29). The summed E-state index contributed by atoms with van der Waals surface area (Å²) in [4.78, 5) is 24.6. The van der Waals surface area contributed by atoms with Gasteiger partial charge < -0.3 is 5.32 Å². The number of amides is 1. The largest absolute Gasteiger partial charge is 0.356 e. The number of nitrogens with one attached hydrogen (secondary N) is 1. The molecule has 1 aliphatic rings. The highest BCUT2D eigenvalue weighted by Gasteiger charge is 2.24. The highest BCUT2D eigenvalue weighted by atomic mass is 32.2. The van der Waals surface area contributed by atoms with Crippen molar-refractivity contribution < 1.29 is 18.0 Å². The third-order valence-corrected chi connectivity index (χ3v) is 7.73. The molecule has 0 radical (unpaired) electrons. The molecule has 7 heteroatoms. The van der Waals surface area contributed by atoms with Crippen molar-refractivity contribution in [2.24, 2.45) is 0 Å². The van der Waals surface area contributed by atoms with Crippen LogP contribution in [0.3, 0.4) is 0 Å². The van der Waals surface area contributed by atoms with E-state index in [0.29, 0.717) is 36.5 Å². The Hall–Kier alpha value is -2.51. The Morgan fingerprint density at radius 1 is 0.875 bits per heavy atom. The van der Waals surface area contributed by atoms with Gasteiger partial charge in [0.2, 0.25) is 15.9 Å². The van der Waals surface area contributed by atoms with Crippen LogP contribution in [0.2, 0.25) is 0 Å². The Bertz CT molecular complexity index is 1010. The molecule has 1 amide bonds. The molecule has 1 N–H and O–H groups in total. The van der Waals surface area contributed by atoms with Crippen LogP contribution in [0.25, 0.3) is 0 Å². The van der Waals surface area contributed by atoms with E-state index < -0.39 is 10.0 Å². The fraction of sp³-hybridized carbons (Fsp3) is 0.440. The van der Waals surface area contributed by atoms with Crippen molar-refractivity contribution >= 4 is 21.7 Å². The minimum Gasteiger partial charge on any atom is -0.356 e. The summed E-state index contributed by atoms with van der Waals surface area (Å²) in [6, 6.07) is 14.2. The molecule has 0 saturated carbocycles. The van der Waals surface area contributed by atoms with Gasteiger partial charge in [-0.15, -0.1) is 0 Å². The molecular weight excluding hydrogens is 424 g/mol. The first-order valence-electron chi connectivity index (χ1n) is 11.3. The smallest absolute Gasteiger partial charge is 0.243 e. The number of hydrogen-bond donors (Lipinski definition) is 1. The number of sulfonamides is 1. The maximum Gasteiger partial charge on any atom is 0.243 e. The number of hydrogen-bond acceptors (Lipinski definition) is 4. The summed E-state index contributed by atoms with van der Waals surface area (Å²) >= 11 is 0. The van der Waals surface area contributed by atoms with Gasteiger partial charge in [0, 0.05) is 38.0 Å². The molecule has 1 heterocycles. The average molecular weight is 457 g/mol. The highest BCUT2D eigenvalue weighted by molar-refractivity contribution is 7.89. The molecule has 2 aromatic rings. The topological polar surface area (TPSA) is 83.5 Å². The molecule has 1 aliphatic heterocycles. The van der Waals surface area contributed by atoms with Gasteiger partial charge in [-0.3, -0.25) is 9.59 Å². The third-order valence-electron chi connectivity index (χ3n) is 5.81. The Morgan fingerprint density at radius 3 is 2.12 bits per heavy atom. The van der Waals surface area contributed by atoms with E-state index in [4.69, 9.17) is 0 Å². The second kappa shape index (κ2) is 11.4. The molecule has 172 valence electrons. The maximum atomic E-state index is 12.8. The van der Waals surface area contributed by atoms with Crippen LogP contribution in [0.1, 0.15) is 60.0 Å². The Kier molecular flexibility index (Phi) is 8.59. The Balaban J connectivity index is 1.43. The van der Waals surface area contributed by atoms with Crippen LogP contribution in [-0.4, -0.2) is 44.0 Å². The second-order valence-corrected chi connectivity index (χ2v) is 10.3. The van der Waals surface area contributed by atoms with Gasteiger partial charge in [0.05, 0.1) is 4.90 Å². The fourth-order valence-electron chi connectivity index (χ4n) is 3.80. The van der Waals surface area contributed by atoms with E-state index in [1.807, 2.05) is 19.1 Å². The SMILES string of the molecule is Cc1ccc(C(=O)CCC(=O)NCCc2ccc(S(=O)(=O)N3CCCCCC3)cc2)cc1. The van der Waals surface area contributed by atoms with Crippen molar-refractivity contribution in [1.29, 1.82) is 0 Å². The first-order chi connectivity index (χ1) is 15.4. The molecule has 0 bridgehead atoms. The number of ketones is 1. The van der Waals surface area contributed by atoms with Crippen LogP contribution in [0.5, 0.6) is 0 Å². The molecular formula is C25H32N2O4S. The van der Waals surface area contributed by atoms with Gasteiger partial charge in [0.15, 0.2) is 5.78 Å². The minimum absolute atomic E-state index is 0.0404. The number of Topliss-reactive ketones (excluding diaryl/α,β-unsaturated/α-hetero) is 1. The van der Waals surface area contributed by atoms with E-state index in [-0.39, 0.29) is 24.5 Å². The van der Waals surface area contributed by atoms with Crippen molar-refractivity contribution in [1.82, 2.24) is 9.62 Å². The highest BCUT2D eigenvalue weighted by Crippen LogP contribution is 2.20. The zero-order valence-electron chi connectivity index (χ0n) is 18.7. The minimum atomic E-state index is -3.45. The number of aryl methyl sites for hydroxylation is 1. The van der Waals surface area contributed by atoms with Gasteiger partial charge in [-0.1, -0.05) is 54.8 Å². The van der Waals surface area contributed by atoms with Crippen molar-refractivity contribution in [3.63, 3.8) is 0 Å². The van der Waals surface area contributed by atoms with Crippen molar-refractivity contribution in [3.8, 4) is 0 Å². The fourth-order valence-corrected chi connectivity index (χ4v) is 5.32. The van der Waals surface area contributed by atoms with Crippen molar-refractivity contribution in [3.05, 3.63) is 65.2 Å². The lowest BCUT2D eigenvalue weighted by molar-refractivity contribution is -0.121. The number of nitrogens with zero attached hydrogens (tertiary/aromatic N) is 1. The molecule has 2 aromatic carbocycles. The van der Waals surface area contributed by atoms with Crippen LogP contribution < -0.4 is 5.32 Å². The van der Waals surface area contributed by atoms with Crippen molar-refractivity contribution in [2.45, 2.75) is 56.8 Å². The van der Waals surface area contributed by atoms with E-state index in [9.17, 15) is 18.0 Å². The Labute approximate surface area is 191 Å². The van der Waals surface area contributed by atoms with E-state index in [0.717, 1.165) is 36.8 Å². The second-order valence-electron chi connectivity index (χ2n) is 8.35. The average Bonchev–Trinajstić information content (AvgIpc) is 3.09. The predicted molar refractivity (Wildman–Crippen MR) is 125 cm³/mol. The number of benzene rings is 2. The van der Waals surface area contributed by atoms with Gasteiger partial charge in [-0.2, -0.15) is 4.31 Å². The van der Waals surface area contributed by atoms with Crippen molar-refractivity contribution in [2.75, 3.05) is 19.6 Å². The van der Waals surface area contributed by atoms with Crippen LogP contribution >= 0.6 is 0 Å². The quantitative estimate of drug-likeness (QED) is 0.581. The lowest BCUT2D eigenvalue weighted by Gasteiger charge is -2.20. The summed E-state index contributed by atoms with van der Waals surface area (Å²) in [5.41, 5.74) is 2.67. The number of carbonyl (C=O) groups excluding carboxylic acids is 2. The predicted octanol–water partition coefficient (Wildman–Crippen LogP) is 3.88. The van der Waals surface area contributed by atoms with Crippen LogP contribution in [0.15, 0.2) is 53.4 Å². The van der Waals surface area contributed by atoms with Gasteiger partial charge in [-0.05, 0) is 43.9 Å². The normalized spacial score (nSPS) is 15.2. The lowest BCUT2D eigenvalue weighted by atomic mass is 10.0. The van der Waals surface area contributed by atoms with E-state index in [1.165, 1.54) is 0 Å². The van der Waals surface area contributed by atoms with Gasteiger partial charge in [0.25, 0.3) is 0 Å². The number of carbonyl (C=O) groups is 2. The number of rotatable bonds is 9. The van der Waals surface area contributed by atoms with E-state index in [2.05, 4.69) is 5.32 Å². The lowest BCUT2D eigenvalue weighted by Crippen LogP contribution is -2.31. The molecule has 1 fully saturated rings. The molecule has 6 nitrogen and oxygen atoms in total. The zero-order valence-corrected chi connectivity index (χ0v) is 19.5. The van der Waals surface area contributed by atoms with E-state index in [1.54, 1.807) is 40.7 Å². The molecule has 0 atom stereocenters. The molecule has 0 aliphatic carbocycles. The van der Waals surface area contributed by atoms with Crippen LogP contribution in [0.4, 0.5) is 0 Å². The molecule has 0 aromatic heterocycles. The monoisotopic (exact) mass is 456 g/mol. The summed E-state index contributed by atoms with van der Waals surface area (Å²) < 4.78 is 27.3. The van der Waals surface area contributed by atoms with Gasteiger partial charge in [-0.25, -0.2) is 8.42 Å². The van der Waals surface area contributed by atoms with Gasteiger partial charge in [0.1, 0.15) is 0 Å². The van der Waals surface area contributed by atoms with Gasteiger partial charge >= 0.3 is 0 Å². The van der Waals surface area contributed by atoms with Crippen LogP contribution in [0, 0.1) is 6.92 Å². The molecule has 0 spiro atoms. The first-order valence-corrected chi connectivity index (χ1v) is 12.8. The molecule has 0 unspecified atom stereocenters. The summed E-state index contributed by atoms with van der Waals surface area (Å²) in [6.07, 6.45) is 4.91. The summed E-state index contributed by atoms with van der Waals surface area (Å²) in [7, 11) is -3.45. The summed E-state index contributed by atoms with van der Waals surface area (Å²) in [5.74, 6) is -0.202. The van der Waals surface area contributed by atoms with Crippen LogP contribution in [-0.2, 0) is 21.2 Å².